The van der Waals surface area contributed by atoms with Gasteiger partial charge in [0, 0.05) is 10.9 Å². The van der Waals surface area contributed by atoms with Gasteiger partial charge in [0.1, 0.15) is 10.8 Å². The second-order valence-corrected chi connectivity index (χ2v) is 6.30. The minimum Gasteiger partial charge on any atom is -0.508 e. The van der Waals surface area contributed by atoms with Gasteiger partial charge in [-0.2, -0.15) is 0 Å². The Balaban J connectivity index is 2.02. The molecule has 0 spiro atoms. The number of hydrogen-bond acceptors (Lipinski definition) is 5. The van der Waals surface area contributed by atoms with E-state index in [1.165, 1.54) is 0 Å². The number of aryl methyl sites for hydroxylation is 2. The molecule has 1 N–H and O–H groups in total. The average Bonchev–Trinajstić information content (AvgIpc) is 2.96. The number of thiazole rings is 2. The van der Waals surface area contributed by atoms with Crippen molar-refractivity contribution >= 4 is 22.7 Å². The summed E-state index contributed by atoms with van der Waals surface area (Å²) in [5.74, 6) is 0.263. The highest BCUT2D eigenvalue weighted by atomic mass is 32.1. The Morgan fingerprint density at radius 1 is 1.16 bits per heavy atom. The fraction of sp³-hybridized carbons (Fsp3) is 0.143. The summed E-state index contributed by atoms with van der Waals surface area (Å²) in [6, 6.07) is 7.17. The van der Waals surface area contributed by atoms with Crippen LogP contribution >= 0.6 is 22.7 Å². The Kier molecular flexibility index (Phi) is 3.08. The first-order valence-electron chi connectivity index (χ1n) is 5.83. The predicted octanol–water partition coefficient (Wildman–Crippen LogP) is 4.26. The summed E-state index contributed by atoms with van der Waals surface area (Å²) in [4.78, 5) is 10.2. The first-order valence-corrected chi connectivity index (χ1v) is 7.52. The van der Waals surface area contributed by atoms with Crippen LogP contribution in [-0.4, -0.2) is 15.1 Å². The number of nitrogens with zero attached hydrogens (tertiary/aromatic N) is 2. The van der Waals surface area contributed by atoms with Crippen LogP contribution in [0.3, 0.4) is 0 Å². The van der Waals surface area contributed by atoms with Crippen molar-refractivity contribution in [2.24, 2.45) is 0 Å². The molecule has 2 aromatic heterocycles. The van der Waals surface area contributed by atoms with Crippen molar-refractivity contribution in [2.75, 3.05) is 0 Å². The number of aromatic hydroxyl groups is 1. The van der Waals surface area contributed by atoms with Gasteiger partial charge in [0.2, 0.25) is 0 Å². The van der Waals surface area contributed by atoms with Crippen LogP contribution in [0.25, 0.3) is 21.1 Å². The van der Waals surface area contributed by atoms with Crippen molar-refractivity contribution in [1.29, 1.82) is 0 Å². The molecule has 0 atom stereocenters. The summed E-state index contributed by atoms with van der Waals surface area (Å²) in [6.45, 7) is 4.01. The Morgan fingerprint density at radius 3 is 2.68 bits per heavy atom. The maximum atomic E-state index is 9.51. The zero-order valence-corrected chi connectivity index (χ0v) is 12.2. The van der Waals surface area contributed by atoms with Gasteiger partial charge in [-0.15, -0.1) is 22.7 Å². The highest BCUT2D eigenvalue weighted by molar-refractivity contribution is 7.16. The van der Waals surface area contributed by atoms with E-state index >= 15 is 0 Å². The molecule has 0 aliphatic heterocycles. The second-order valence-electron chi connectivity index (χ2n) is 4.24. The molecule has 0 saturated carbocycles. The van der Waals surface area contributed by atoms with Crippen molar-refractivity contribution < 1.29 is 5.11 Å². The van der Waals surface area contributed by atoms with E-state index in [0.29, 0.717) is 0 Å². The third-order valence-electron chi connectivity index (χ3n) is 2.73. The highest BCUT2D eigenvalue weighted by Gasteiger charge is 2.12. The quantitative estimate of drug-likeness (QED) is 0.766. The van der Waals surface area contributed by atoms with E-state index in [-0.39, 0.29) is 5.75 Å². The second kappa shape index (κ2) is 4.75. The van der Waals surface area contributed by atoms with Crippen LogP contribution < -0.4 is 0 Å². The maximum absolute atomic E-state index is 9.51. The van der Waals surface area contributed by atoms with Gasteiger partial charge in [-0.3, -0.25) is 0 Å². The first kappa shape index (κ1) is 12.3. The molecule has 0 bridgehead atoms. The van der Waals surface area contributed by atoms with E-state index in [4.69, 9.17) is 0 Å². The van der Waals surface area contributed by atoms with Crippen LogP contribution in [0.1, 0.15) is 10.7 Å². The summed E-state index contributed by atoms with van der Waals surface area (Å²) in [7, 11) is 0. The molecule has 1 aromatic carbocycles. The molecule has 0 fully saturated rings. The zero-order chi connectivity index (χ0) is 13.4. The van der Waals surface area contributed by atoms with Crippen molar-refractivity contribution in [3.05, 3.63) is 40.3 Å². The summed E-state index contributed by atoms with van der Waals surface area (Å²) in [5.41, 5.74) is 2.93. The molecule has 0 aliphatic rings. The van der Waals surface area contributed by atoms with E-state index in [2.05, 4.69) is 9.97 Å². The molecule has 3 nitrogen and oxygen atoms in total. The maximum Gasteiger partial charge on any atom is 0.124 e. The van der Waals surface area contributed by atoms with Gasteiger partial charge in [-0.05, 0) is 26.0 Å². The summed E-state index contributed by atoms with van der Waals surface area (Å²) in [5, 5.41) is 13.5. The number of benzene rings is 1. The van der Waals surface area contributed by atoms with Crippen molar-refractivity contribution in [1.82, 2.24) is 9.97 Å². The molecule has 0 saturated heterocycles. The molecular formula is C14H12N2OS2. The SMILES string of the molecule is Cc1nc(C)c(-c2csc(-c3cccc(O)c3)n2)s1. The predicted molar refractivity (Wildman–Crippen MR) is 79.8 cm³/mol. The lowest BCUT2D eigenvalue weighted by atomic mass is 10.2. The van der Waals surface area contributed by atoms with E-state index in [9.17, 15) is 5.11 Å². The van der Waals surface area contributed by atoms with Gasteiger partial charge in [0.15, 0.2) is 0 Å². The molecule has 0 radical (unpaired) electrons. The minimum atomic E-state index is 0.263. The van der Waals surface area contributed by atoms with Crippen LogP contribution in [0.15, 0.2) is 29.6 Å². The summed E-state index contributed by atoms with van der Waals surface area (Å²) in [6.07, 6.45) is 0. The lowest BCUT2D eigenvalue weighted by molar-refractivity contribution is 0.475. The van der Waals surface area contributed by atoms with Gasteiger partial charge in [-0.1, -0.05) is 12.1 Å². The van der Waals surface area contributed by atoms with Gasteiger partial charge in [-0.25, -0.2) is 9.97 Å². The van der Waals surface area contributed by atoms with E-state index in [0.717, 1.165) is 31.8 Å². The van der Waals surface area contributed by atoms with E-state index in [1.807, 2.05) is 31.4 Å². The third kappa shape index (κ3) is 2.39. The number of phenols is 1. The van der Waals surface area contributed by atoms with Crippen LogP contribution in [0.4, 0.5) is 0 Å². The molecule has 96 valence electrons. The van der Waals surface area contributed by atoms with Crippen molar-refractivity contribution in [2.45, 2.75) is 13.8 Å². The van der Waals surface area contributed by atoms with E-state index in [1.54, 1.807) is 34.8 Å². The van der Waals surface area contributed by atoms with Crippen molar-refractivity contribution in [3.8, 4) is 26.9 Å². The minimum absolute atomic E-state index is 0.263. The molecule has 3 rings (SSSR count). The van der Waals surface area contributed by atoms with E-state index < -0.39 is 0 Å². The monoisotopic (exact) mass is 288 g/mol. The number of rotatable bonds is 2. The number of phenolic OH excluding ortho intramolecular Hbond substituents is 1. The van der Waals surface area contributed by atoms with Crippen molar-refractivity contribution in [3.63, 3.8) is 0 Å². The lowest BCUT2D eigenvalue weighted by Gasteiger charge is -1.96. The fourth-order valence-electron chi connectivity index (χ4n) is 1.92. The van der Waals surface area contributed by atoms with Crippen LogP contribution in [0, 0.1) is 13.8 Å². The van der Waals surface area contributed by atoms with Gasteiger partial charge < -0.3 is 5.11 Å². The normalized spacial score (nSPS) is 10.8. The van der Waals surface area contributed by atoms with Crippen LogP contribution in [0.5, 0.6) is 5.75 Å². The number of hydrogen-bond donors (Lipinski definition) is 1. The Hall–Kier alpha value is -1.72. The van der Waals surface area contributed by atoms with Gasteiger partial charge in [0.25, 0.3) is 0 Å². The Bertz CT molecular complexity index is 731. The largest absolute Gasteiger partial charge is 0.508 e. The number of aromatic nitrogens is 2. The summed E-state index contributed by atoms with van der Waals surface area (Å²) >= 11 is 3.24. The third-order valence-corrected chi connectivity index (χ3v) is 4.72. The molecule has 2 heterocycles. The van der Waals surface area contributed by atoms with Crippen LogP contribution in [-0.2, 0) is 0 Å². The molecule has 0 amide bonds. The lowest BCUT2D eigenvalue weighted by Crippen LogP contribution is -1.79. The highest BCUT2D eigenvalue weighted by Crippen LogP contribution is 2.34. The molecule has 0 unspecified atom stereocenters. The Labute approximate surface area is 119 Å². The van der Waals surface area contributed by atoms with Gasteiger partial charge >= 0.3 is 0 Å². The smallest absolute Gasteiger partial charge is 0.124 e. The standard InChI is InChI=1S/C14H12N2OS2/c1-8-13(19-9(2)15-8)12-7-18-14(16-12)10-4-3-5-11(17)6-10/h3-7,17H,1-2H3. The average molecular weight is 288 g/mol. The zero-order valence-electron chi connectivity index (χ0n) is 10.5. The fourth-order valence-corrected chi connectivity index (χ4v) is 3.68. The first-order chi connectivity index (χ1) is 9.13. The molecular weight excluding hydrogens is 276 g/mol. The summed E-state index contributed by atoms with van der Waals surface area (Å²) < 4.78 is 0. The molecule has 3 aromatic rings. The molecule has 19 heavy (non-hydrogen) atoms. The van der Waals surface area contributed by atoms with Crippen LogP contribution in [0.2, 0.25) is 0 Å². The topological polar surface area (TPSA) is 46.0 Å². The molecule has 0 aliphatic carbocycles. The molecule has 5 heteroatoms. The Morgan fingerprint density at radius 2 is 2.00 bits per heavy atom. The van der Waals surface area contributed by atoms with Gasteiger partial charge in [0.05, 0.1) is 21.3 Å².